The lowest BCUT2D eigenvalue weighted by atomic mass is 9.92. The van der Waals surface area contributed by atoms with Crippen LogP contribution in [-0.2, 0) is 44.8 Å². The third kappa shape index (κ3) is 18.4. The molecular formula is C65H76ClN13O16. The first-order valence-corrected chi connectivity index (χ1v) is 31.3. The number of ether oxygens (including phenoxy) is 3. The van der Waals surface area contributed by atoms with Crippen molar-refractivity contribution < 1.29 is 77.2 Å². The number of halogens is 1. The average molecular weight is 1330 g/mol. The number of unbranched alkanes of at least 4 members (excludes halogenated alkanes) is 1. The number of hydrogen-bond donors (Lipinski definition) is 9. The van der Waals surface area contributed by atoms with Crippen LogP contribution in [0, 0.1) is 12.8 Å². The van der Waals surface area contributed by atoms with E-state index < -0.39 is 83.9 Å². The summed E-state index contributed by atoms with van der Waals surface area (Å²) < 4.78 is 18.7. The summed E-state index contributed by atoms with van der Waals surface area (Å²) in [5.74, 6) is -4.83. The van der Waals surface area contributed by atoms with Gasteiger partial charge in [-0.05, 0) is 104 Å². The number of carboxylic acids is 1. The van der Waals surface area contributed by atoms with Gasteiger partial charge in [-0.3, -0.25) is 38.5 Å². The molecule has 8 rings (SSSR count). The minimum atomic E-state index is -1.19. The Hall–Kier alpha value is -10.6. The number of alkyl halides is 1. The Morgan fingerprint density at radius 2 is 1.57 bits per heavy atom. The lowest BCUT2D eigenvalue weighted by Crippen LogP contribution is -2.54. The number of primary amides is 1. The van der Waals surface area contributed by atoms with Gasteiger partial charge in [0.25, 0.3) is 23.6 Å². The maximum Gasteiger partial charge on any atom is 0.415 e. The smallest absolute Gasteiger partial charge is 0.415 e. The molecule has 29 nitrogen and oxygen atoms in total. The molecule has 3 aromatic carbocycles. The maximum absolute atomic E-state index is 14.7. The summed E-state index contributed by atoms with van der Waals surface area (Å²) in [6.07, 6.45) is 7.57. The number of allylic oxidation sites excluding steroid dienone is 3. The number of aliphatic hydroxyl groups is 1. The molecule has 0 fully saturated rings. The van der Waals surface area contributed by atoms with E-state index in [0.717, 1.165) is 33.6 Å². The number of rotatable bonds is 29. The van der Waals surface area contributed by atoms with Crippen LogP contribution in [0.3, 0.4) is 0 Å². The number of urea groups is 1. The number of nitrogens with two attached hydrogens (primary N) is 2. The lowest BCUT2D eigenvalue weighted by Gasteiger charge is -2.26. The van der Waals surface area contributed by atoms with Crippen molar-refractivity contribution in [1.82, 2.24) is 40.0 Å². The number of carbonyl (C=O) groups is 11. The third-order valence-corrected chi connectivity index (χ3v) is 16.4. The van der Waals surface area contributed by atoms with Crippen LogP contribution < -0.4 is 47.7 Å². The van der Waals surface area contributed by atoms with E-state index in [4.69, 9.17) is 37.3 Å². The number of benzene rings is 3. The Labute approximate surface area is 550 Å². The third-order valence-electron chi connectivity index (χ3n) is 16.1. The van der Waals surface area contributed by atoms with Crippen molar-refractivity contribution in [1.29, 1.82) is 0 Å². The van der Waals surface area contributed by atoms with Gasteiger partial charge < -0.3 is 81.6 Å². The summed E-state index contributed by atoms with van der Waals surface area (Å²) in [6.45, 7) is 4.63. The maximum atomic E-state index is 14.7. The molecule has 11 N–H and O–H groups in total. The highest BCUT2D eigenvalue weighted by atomic mass is 35.5. The lowest BCUT2D eigenvalue weighted by molar-refractivity contribution is -0.139. The van der Waals surface area contributed by atoms with E-state index in [1.165, 1.54) is 22.9 Å². The van der Waals surface area contributed by atoms with E-state index >= 15 is 0 Å². The van der Waals surface area contributed by atoms with Crippen molar-refractivity contribution in [3.63, 3.8) is 0 Å². The second-order valence-electron chi connectivity index (χ2n) is 23.3. The number of alkyl carbamates (subject to hydrolysis) is 1. The van der Waals surface area contributed by atoms with Gasteiger partial charge in [-0.1, -0.05) is 50.3 Å². The summed E-state index contributed by atoms with van der Waals surface area (Å²) in [7, 11) is 1.47. The largest absolute Gasteiger partial charge is 0.512 e. The number of aliphatic hydroxyl groups excluding tert-OH is 1. The topological polar surface area (TPSA) is 398 Å². The van der Waals surface area contributed by atoms with Gasteiger partial charge in [-0.2, -0.15) is 0 Å². The van der Waals surface area contributed by atoms with Crippen LogP contribution in [0.15, 0.2) is 109 Å². The van der Waals surface area contributed by atoms with E-state index in [1.54, 1.807) is 90.1 Å². The van der Waals surface area contributed by atoms with Crippen molar-refractivity contribution in [2.75, 3.05) is 74.3 Å². The van der Waals surface area contributed by atoms with Crippen molar-refractivity contribution in [2.45, 2.75) is 96.4 Å². The van der Waals surface area contributed by atoms with E-state index in [9.17, 15) is 63.0 Å². The molecule has 504 valence electrons. The molecule has 2 aromatic heterocycles. The molecular weight excluding hydrogens is 1250 g/mol. The number of nitrogens with one attached hydrogen (secondary N) is 5. The monoisotopic (exact) mass is 1330 g/mol. The van der Waals surface area contributed by atoms with Crippen LogP contribution in [0.2, 0.25) is 0 Å². The number of likely N-dealkylation sites (N-methyl/N-ethyl adjacent to an activating group) is 1. The Bertz CT molecular complexity index is 3850. The highest BCUT2D eigenvalue weighted by Crippen LogP contribution is 2.47. The van der Waals surface area contributed by atoms with E-state index in [0.29, 0.717) is 64.9 Å². The molecule has 0 unspecified atom stereocenters. The molecule has 0 radical (unpaired) electrons. The molecule has 30 heteroatoms. The number of aliphatic carboxylic acids is 1. The number of imide groups is 1. The molecule has 11 amide bonds. The highest BCUT2D eigenvalue weighted by Gasteiger charge is 2.38. The highest BCUT2D eigenvalue weighted by molar-refractivity contribution is 6.19. The minimum Gasteiger partial charge on any atom is -0.512 e. The fourth-order valence-electron chi connectivity index (χ4n) is 10.8. The number of hydrogen-bond acceptors (Lipinski definition) is 17. The van der Waals surface area contributed by atoms with Gasteiger partial charge in [-0.25, -0.2) is 24.2 Å². The molecule has 4 heterocycles. The van der Waals surface area contributed by atoms with E-state index in [-0.39, 0.29) is 107 Å². The van der Waals surface area contributed by atoms with Gasteiger partial charge in [0.05, 0.1) is 23.7 Å². The van der Waals surface area contributed by atoms with Crippen LogP contribution in [0.1, 0.15) is 91.9 Å². The Kier molecular flexibility index (Phi) is 23.9. The van der Waals surface area contributed by atoms with Gasteiger partial charge in [-0.15, -0.1) is 11.6 Å². The van der Waals surface area contributed by atoms with Gasteiger partial charge >= 0.3 is 30.3 Å². The second kappa shape index (κ2) is 32.3. The fourth-order valence-corrected chi connectivity index (χ4v) is 11.1. The van der Waals surface area contributed by atoms with Gasteiger partial charge in [0.15, 0.2) is 0 Å². The van der Waals surface area contributed by atoms with Crippen LogP contribution in [0.4, 0.5) is 36.2 Å². The van der Waals surface area contributed by atoms with Gasteiger partial charge in [0, 0.05) is 105 Å². The summed E-state index contributed by atoms with van der Waals surface area (Å²) >= 11 is 6.66. The summed E-state index contributed by atoms with van der Waals surface area (Å²) in [4.78, 5) is 152. The standard InChI is InChI=1S/C65H76ClN13O16/c1-37(2)56(74-63(90)93-30-29-78-52(81)23-24-53(78)82)59(85)73-47(12-8-25-69-62(68)89)58(84)70-42-17-13-39(14-18-42)36-94-64(91)75(4)27-28-76(26-6-5-11-46(67)61(87)88)65(92)95-50-31-49-55(54-38(3)9-7-10-45(50)54)41(32-66)33-79(49)60(86)48-35-77-34-43(19-22-51(77)72-48)71-57(83)40-15-20-44(80)21-16-40/h7,9-10,13-15,17-20,22-24,31,34-35,37,41,46-47,56,80H,5-6,8,11-12,16,21,25-30,32-33,36,67H2,1-4H3,(H,70,84)(H,71,83)(H,73,85)(H,74,90)(H,87,88)(H3,68,69,89)/t41-,46+,47+,56+/m1/s1. The molecule has 1 aliphatic carbocycles. The quantitative estimate of drug-likeness (QED) is 0.0149. The number of aromatic nitrogens is 2. The minimum absolute atomic E-state index is 0.0259. The molecule has 2 aliphatic heterocycles. The Morgan fingerprint density at radius 3 is 2.25 bits per heavy atom. The van der Waals surface area contributed by atoms with Crippen LogP contribution >= 0.6 is 11.6 Å². The van der Waals surface area contributed by atoms with Crippen molar-refractivity contribution in [3.05, 3.63) is 131 Å². The van der Waals surface area contributed by atoms with Gasteiger partial charge in [0.2, 0.25) is 11.8 Å². The Morgan fingerprint density at radius 1 is 0.832 bits per heavy atom. The predicted molar refractivity (Wildman–Crippen MR) is 348 cm³/mol. The number of aryl methyl sites for hydroxylation is 1. The summed E-state index contributed by atoms with van der Waals surface area (Å²) in [5.41, 5.74) is 15.4. The van der Waals surface area contributed by atoms with Crippen molar-refractivity contribution in [2.24, 2.45) is 17.4 Å². The zero-order chi connectivity index (χ0) is 68.6. The van der Waals surface area contributed by atoms with Crippen molar-refractivity contribution in [3.8, 4) is 5.75 Å². The second-order valence-corrected chi connectivity index (χ2v) is 23.6. The first-order chi connectivity index (χ1) is 45.4. The molecule has 0 spiro atoms. The van der Waals surface area contributed by atoms with E-state index in [2.05, 4.69) is 31.6 Å². The number of carbonyl (C=O) groups excluding carboxylic acids is 10. The molecule has 4 atom stereocenters. The van der Waals surface area contributed by atoms with Crippen molar-refractivity contribution >= 4 is 111 Å². The molecule has 5 aromatic rings. The molecule has 0 bridgehead atoms. The number of imidazole rings is 1. The zero-order valence-corrected chi connectivity index (χ0v) is 53.5. The molecule has 0 saturated heterocycles. The van der Waals surface area contributed by atoms with Crippen LogP contribution in [0.25, 0.3) is 16.4 Å². The first kappa shape index (κ1) is 70.3. The number of pyridine rings is 1. The van der Waals surface area contributed by atoms with E-state index in [1.807, 2.05) is 19.1 Å². The average Bonchev–Trinajstić information content (AvgIpc) is 1.63. The van der Waals surface area contributed by atoms with Crippen LogP contribution in [0.5, 0.6) is 5.75 Å². The molecule has 3 aliphatic rings. The SMILES string of the molecule is Cc1cccc2c(OC(=O)N(CCCC[C@H](N)C(=O)O)CCN(C)C(=O)OCc3ccc(NC(=O)[C@H](CCCNC(N)=O)NC(=O)[C@@H](NC(=O)OCCN4C(=O)C=CC4=O)C(C)C)cc3)cc3c(c12)[C@H](CCl)CN3C(=O)c1cn2cc(NC(=O)C3=CC=C(O)CC3)ccc2n1. The normalized spacial score (nSPS) is 15.1. The zero-order valence-electron chi connectivity index (χ0n) is 52.8. The summed E-state index contributed by atoms with van der Waals surface area (Å²) in [6, 6.07) is 12.4. The van der Waals surface area contributed by atoms with Crippen LogP contribution in [-0.4, -0.2) is 177 Å². The fraction of sp³-hybridized carbons (Fsp3) is 0.385. The summed E-state index contributed by atoms with van der Waals surface area (Å²) in [5, 5.41) is 33.6. The number of nitrogens with zero attached hydrogens (tertiary/aromatic N) is 6. The number of amides is 11. The number of fused-ring (bicyclic) bond motifs is 4. The number of anilines is 3. The van der Waals surface area contributed by atoms with Gasteiger partial charge in [0.1, 0.15) is 48.4 Å². The Balaban J connectivity index is 0.905. The molecule has 95 heavy (non-hydrogen) atoms. The first-order valence-electron chi connectivity index (χ1n) is 30.8. The predicted octanol–water partition coefficient (Wildman–Crippen LogP) is 6.08. The number of carboxylic acid groups (broad SMARTS) is 1. The molecule has 0 saturated carbocycles.